The van der Waals surface area contributed by atoms with Crippen LogP contribution < -0.4 is 10.1 Å². The highest BCUT2D eigenvalue weighted by atomic mass is 79.9. The van der Waals surface area contributed by atoms with E-state index in [1.165, 1.54) is 0 Å². The van der Waals surface area contributed by atoms with Gasteiger partial charge in [-0.1, -0.05) is 15.9 Å². The van der Waals surface area contributed by atoms with Crippen molar-refractivity contribution in [2.45, 2.75) is 32.9 Å². The third kappa shape index (κ3) is 4.66. The first kappa shape index (κ1) is 14.5. The standard InChI is InChI=1S/C13H20BrNO2/c1-4-17-12-6-5-11(14)7-10(12)8-15-13(2,3)9-16/h5-7,15-16H,4,8-9H2,1-3H3. The number of hydrogen-bond acceptors (Lipinski definition) is 3. The van der Waals surface area contributed by atoms with E-state index >= 15 is 0 Å². The number of rotatable bonds is 6. The predicted molar refractivity (Wildman–Crippen MR) is 73.3 cm³/mol. The summed E-state index contributed by atoms with van der Waals surface area (Å²) in [5, 5.41) is 12.5. The molecule has 3 nitrogen and oxygen atoms in total. The molecule has 1 rings (SSSR count). The molecular formula is C13H20BrNO2. The molecule has 0 aliphatic heterocycles. The molecule has 17 heavy (non-hydrogen) atoms. The van der Waals surface area contributed by atoms with Gasteiger partial charge in [0.05, 0.1) is 13.2 Å². The lowest BCUT2D eigenvalue weighted by atomic mass is 10.1. The molecule has 0 radical (unpaired) electrons. The minimum atomic E-state index is -0.286. The molecule has 0 fully saturated rings. The van der Waals surface area contributed by atoms with Crippen LogP contribution in [0.2, 0.25) is 0 Å². The minimum absolute atomic E-state index is 0.102. The van der Waals surface area contributed by atoms with Crippen molar-refractivity contribution in [1.82, 2.24) is 5.32 Å². The third-order valence-corrected chi connectivity index (χ3v) is 2.97. The van der Waals surface area contributed by atoms with Gasteiger partial charge in [-0.25, -0.2) is 0 Å². The molecule has 0 saturated heterocycles. The Morgan fingerprint density at radius 2 is 2.12 bits per heavy atom. The average Bonchev–Trinajstić information content (AvgIpc) is 2.30. The summed E-state index contributed by atoms with van der Waals surface area (Å²) in [6, 6.07) is 5.95. The Hall–Kier alpha value is -0.580. The number of hydrogen-bond donors (Lipinski definition) is 2. The molecule has 1 aromatic rings. The highest BCUT2D eigenvalue weighted by Gasteiger charge is 2.16. The monoisotopic (exact) mass is 301 g/mol. The number of aliphatic hydroxyl groups is 1. The summed E-state index contributed by atoms with van der Waals surface area (Å²) < 4.78 is 6.59. The number of aliphatic hydroxyl groups excluding tert-OH is 1. The first-order chi connectivity index (χ1) is 7.98. The van der Waals surface area contributed by atoms with E-state index < -0.39 is 0 Å². The van der Waals surface area contributed by atoms with Crippen LogP contribution in [0.15, 0.2) is 22.7 Å². The lowest BCUT2D eigenvalue weighted by Gasteiger charge is -2.24. The van der Waals surface area contributed by atoms with E-state index in [4.69, 9.17) is 4.74 Å². The van der Waals surface area contributed by atoms with Gasteiger partial charge >= 0.3 is 0 Å². The first-order valence-electron chi connectivity index (χ1n) is 5.75. The summed E-state index contributed by atoms with van der Waals surface area (Å²) in [6.45, 7) is 7.32. The second-order valence-corrected chi connectivity index (χ2v) is 5.50. The Bertz CT molecular complexity index is 366. The van der Waals surface area contributed by atoms with Gasteiger partial charge < -0.3 is 15.2 Å². The van der Waals surface area contributed by atoms with Gasteiger partial charge in [-0.05, 0) is 39.0 Å². The molecule has 96 valence electrons. The Morgan fingerprint density at radius 3 is 2.71 bits per heavy atom. The summed E-state index contributed by atoms with van der Waals surface area (Å²) in [5.74, 6) is 0.886. The maximum Gasteiger partial charge on any atom is 0.123 e. The van der Waals surface area contributed by atoms with Crippen molar-refractivity contribution < 1.29 is 9.84 Å². The quantitative estimate of drug-likeness (QED) is 0.849. The number of ether oxygens (including phenoxy) is 1. The zero-order valence-electron chi connectivity index (χ0n) is 10.6. The van der Waals surface area contributed by atoms with Crippen LogP contribution in [0, 0.1) is 0 Å². The van der Waals surface area contributed by atoms with Crippen LogP contribution in [-0.2, 0) is 6.54 Å². The van der Waals surface area contributed by atoms with Crippen LogP contribution in [0.4, 0.5) is 0 Å². The maximum atomic E-state index is 9.20. The number of nitrogens with one attached hydrogen (secondary N) is 1. The summed E-state index contributed by atoms with van der Waals surface area (Å²) in [6.07, 6.45) is 0. The lowest BCUT2D eigenvalue weighted by molar-refractivity contribution is 0.187. The summed E-state index contributed by atoms with van der Waals surface area (Å²) in [7, 11) is 0. The Balaban J connectivity index is 2.77. The van der Waals surface area contributed by atoms with Crippen molar-refractivity contribution >= 4 is 15.9 Å². The van der Waals surface area contributed by atoms with Gasteiger partial charge in [0.15, 0.2) is 0 Å². The summed E-state index contributed by atoms with van der Waals surface area (Å²) in [5.41, 5.74) is 0.800. The van der Waals surface area contributed by atoms with Crippen LogP contribution in [0.25, 0.3) is 0 Å². The minimum Gasteiger partial charge on any atom is -0.494 e. The summed E-state index contributed by atoms with van der Waals surface area (Å²) in [4.78, 5) is 0. The number of halogens is 1. The lowest BCUT2D eigenvalue weighted by Crippen LogP contribution is -2.42. The zero-order valence-corrected chi connectivity index (χ0v) is 12.2. The van der Waals surface area contributed by atoms with E-state index in [0.29, 0.717) is 13.2 Å². The molecule has 0 aliphatic rings. The molecule has 2 N–H and O–H groups in total. The van der Waals surface area contributed by atoms with Crippen molar-refractivity contribution in [3.05, 3.63) is 28.2 Å². The SMILES string of the molecule is CCOc1ccc(Br)cc1CNC(C)(C)CO. The van der Waals surface area contributed by atoms with E-state index in [1.54, 1.807) is 0 Å². The van der Waals surface area contributed by atoms with Gasteiger partial charge in [-0.2, -0.15) is 0 Å². The molecule has 0 amide bonds. The fourth-order valence-corrected chi connectivity index (χ4v) is 1.78. The first-order valence-corrected chi connectivity index (χ1v) is 6.55. The largest absolute Gasteiger partial charge is 0.494 e. The van der Waals surface area contributed by atoms with E-state index in [-0.39, 0.29) is 12.1 Å². The van der Waals surface area contributed by atoms with Crippen molar-refractivity contribution in [2.75, 3.05) is 13.2 Å². The Kier molecular flexibility index (Phi) is 5.43. The van der Waals surface area contributed by atoms with Crippen LogP contribution >= 0.6 is 15.9 Å². The Morgan fingerprint density at radius 1 is 1.41 bits per heavy atom. The smallest absolute Gasteiger partial charge is 0.123 e. The molecule has 0 bridgehead atoms. The van der Waals surface area contributed by atoms with Crippen molar-refractivity contribution in [2.24, 2.45) is 0 Å². The second kappa shape index (κ2) is 6.38. The molecule has 0 spiro atoms. The zero-order chi connectivity index (χ0) is 12.9. The molecule has 0 aromatic heterocycles. The topological polar surface area (TPSA) is 41.5 Å². The highest BCUT2D eigenvalue weighted by Crippen LogP contribution is 2.23. The van der Waals surface area contributed by atoms with Crippen LogP contribution in [0.5, 0.6) is 5.75 Å². The van der Waals surface area contributed by atoms with Crippen molar-refractivity contribution in [1.29, 1.82) is 0 Å². The normalized spacial score (nSPS) is 11.6. The molecule has 0 atom stereocenters. The van der Waals surface area contributed by atoms with Gasteiger partial charge in [0, 0.05) is 22.1 Å². The van der Waals surface area contributed by atoms with Gasteiger partial charge in [-0.15, -0.1) is 0 Å². The average molecular weight is 302 g/mol. The van der Waals surface area contributed by atoms with Gasteiger partial charge in [0.1, 0.15) is 5.75 Å². The fourth-order valence-electron chi connectivity index (χ4n) is 1.37. The molecule has 0 aliphatic carbocycles. The second-order valence-electron chi connectivity index (χ2n) is 4.58. The highest BCUT2D eigenvalue weighted by molar-refractivity contribution is 9.10. The van der Waals surface area contributed by atoms with E-state index in [9.17, 15) is 5.11 Å². The maximum absolute atomic E-state index is 9.20. The van der Waals surface area contributed by atoms with Crippen molar-refractivity contribution in [3.8, 4) is 5.75 Å². The van der Waals surface area contributed by atoms with Crippen LogP contribution in [0.3, 0.4) is 0 Å². The third-order valence-electron chi connectivity index (χ3n) is 2.48. The van der Waals surface area contributed by atoms with E-state index in [0.717, 1.165) is 15.8 Å². The number of benzene rings is 1. The molecular weight excluding hydrogens is 282 g/mol. The van der Waals surface area contributed by atoms with Crippen molar-refractivity contribution in [3.63, 3.8) is 0 Å². The Labute approximate surface area is 111 Å². The molecule has 4 heteroatoms. The van der Waals surface area contributed by atoms with Crippen LogP contribution in [0.1, 0.15) is 26.3 Å². The van der Waals surface area contributed by atoms with Gasteiger partial charge in [0.2, 0.25) is 0 Å². The summed E-state index contributed by atoms with van der Waals surface area (Å²) >= 11 is 3.45. The molecule has 0 unspecified atom stereocenters. The molecule has 1 aromatic carbocycles. The molecule has 0 saturated carbocycles. The fraction of sp³-hybridized carbons (Fsp3) is 0.538. The van der Waals surface area contributed by atoms with E-state index in [1.807, 2.05) is 39.0 Å². The predicted octanol–water partition coefficient (Wildman–Crippen LogP) is 2.71. The van der Waals surface area contributed by atoms with Gasteiger partial charge in [-0.3, -0.25) is 0 Å². The molecule has 0 heterocycles. The van der Waals surface area contributed by atoms with Gasteiger partial charge in [0.25, 0.3) is 0 Å². The van der Waals surface area contributed by atoms with Crippen LogP contribution in [-0.4, -0.2) is 23.9 Å². The van der Waals surface area contributed by atoms with E-state index in [2.05, 4.69) is 21.2 Å².